The first-order chi connectivity index (χ1) is 20.6. The van der Waals surface area contributed by atoms with Crippen molar-refractivity contribution in [1.29, 1.82) is 0 Å². The molecular formula is C34H39Cl2N3O4S. The van der Waals surface area contributed by atoms with E-state index >= 15 is 0 Å². The van der Waals surface area contributed by atoms with Gasteiger partial charge in [-0.3, -0.25) is 9.59 Å². The lowest BCUT2D eigenvalue weighted by atomic mass is 9.76. The Morgan fingerprint density at radius 1 is 0.886 bits per heavy atom. The Morgan fingerprint density at radius 2 is 1.52 bits per heavy atom. The molecule has 0 saturated carbocycles. The number of benzene rings is 3. The van der Waals surface area contributed by atoms with Crippen LogP contribution in [0.4, 0.5) is 0 Å². The number of likely N-dealkylation sites (tertiary alicyclic amines) is 3. The summed E-state index contributed by atoms with van der Waals surface area (Å²) in [6.45, 7) is 5.17. The van der Waals surface area contributed by atoms with Gasteiger partial charge >= 0.3 is 0 Å². The van der Waals surface area contributed by atoms with Gasteiger partial charge in [-0.1, -0.05) is 66.2 Å². The third-order valence-corrected chi connectivity index (χ3v) is 11.2. The molecule has 3 aliphatic heterocycles. The predicted molar refractivity (Wildman–Crippen MR) is 175 cm³/mol. The van der Waals surface area contributed by atoms with E-state index in [0.29, 0.717) is 35.1 Å². The van der Waals surface area contributed by atoms with Crippen LogP contribution < -0.4 is 0 Å². The fourth-order valence-electron chi connectivity index (χ4n) is 7.17. The molecule has 0 N–H and O–H groups in total. The Balaban J connectivity index is 0.00000384. The summed E-state index contributed by atoms with van der Waals surface area (Å²) in [5.41, 5.74) is 2.43. The van der Waals surface area contributed by atoms with Crippen LogP contribution in [0.1, 0.15) is 46.7 Å². The molecule has 3 heterocycles. The van der Waals surface area contributed by atoms with Crippen LogP contribution >= 0.6 is 24.0 Å². The maximum Gasteiger partial charge on any atom is 0.255 e. The second kappa shape index (κ2) is 13.2. The molecule has 0 radical (unpaired) electrons. The van der Waals surface area contributed by atoms with Crippen molar-refractivity contribution in [2.45, 2.75) is 36.6 Å². The van der Waals surface area contributed by atoms with Crippen LogP contribution in [0.3, 0.4) is 0 Å². The lowest BCUT2D eigenvalue weighted by molar-refractivity contribution is -0.139. The molecule has 0 bridgehead atoms. The highest BCUT2D eigenvalue weighted by molar-refractivity contribution is 7.90. The minimum absolute atomic E-state index is 0. The molecule has 1 spiro atoms. The topological polar surface area (TPSA) is 78.0 Å². The van der Waals surface area contributed by atoms with Gasteiger partial charge in [-0.2, -0.15) is 0 Å². The van der Waals surface area contributed by atoms with Gasteiger partial charge in [0.05, 0.1) is 20.9 Å². The first kappa shape index (κ1) is 32.5. The zero-order valence-corrected chi connectivity index (χ0v) is 27.3. The van der Waals surface area contributed by atoms with Crippen molar-refractivity contribution >= 4 is 45.7 Å². The Labute approximate surface area is 271 Å². The summed E-state index contributed by atoms with van der Waals surface area (Å²) in [6, 6.07) is 24.6. The van der Waals surface area contributed by atoms with Gasteiger partial charge in [-0.05, 0) is 73.7 Å². The van der Waals surface area contributed by atoms with Crippen molar-refractivity contribution in [2.24, 2.45) is 11.3 Å². The summed E-state index contributed by atoms with van der Waals surface area (Å²) < 4.78 is 23.6. The maximum absolute atomic E-state index is 13.6. The highest BCUT2D eigenvalue weighted by Crippen LogP contribution is 2.43. The average Bonchev–Trinajstić information content (AvgIpc) is 3.56. The number of hydrogen-bond acceptors (Lipinski definition) is 5. The van der Waals surface area contributed by atoms with Gasteiger partial charge in [0.2, 0.25) is 5.91 Å². The fourth-order valence-corrected chi connectivity index (χ4v) is 8.02. The Hall–Kier alpha value is -2.91. The molecule has 234 valence electrons. The van der Waals surface area contributed by atoms with E-state index in [-0.39, 0.29) is 41.5 Å². The molecule has 0 aromatic heterocycles. The molecule has 3 aromatic rings. The molecule has 2 unspecified atom stereocenters. The number of nitrogens with zero attached hydrogens (tertiary/aromatic N) is 3. The second-order valence-electron chi connectivity index (χ2n) is 12.4. The number of carbonyl (C=O) groups is 2. The van der Waals surface area contributed by atoms with Crippen molar-refractivity contribution in [3.8, 4) is 0 Å². The van der Waals surface area contributed by atoms with Gasteiger partial charge in [-0.25, -0.2) is 8.42 Å². The summed E-state index contributed by atoms with van der Waals surface area (Å²) in [5, 5.41) is 0.481. The number of piperidine rings is 1. The predicted octanol–water partition coefficient (Wildman–Crippen LogP) is 5.54. The molecule has 2 atom stereocenters. The molecule has 7 nitrogen and oxygen atoms in total. The molecule has 3 aliphatic rings. The van der Waals surface area contributed by atoms with E-state index in [1.165, 1.54) is 11.8 Å². The van der Waals surface area contributed by atoms with Crippen LogP contribution in [0.5, 0.6) is 0 Å². The van der Waals surface area contributed by atoms with Gasteiger partial charge in [-0.15, -0.1) is 12.4 Å². The van der Waals surface area contributed by atoms with E-state index < -0.39 is 9.84 Å². The number of halogens is 2. The molecule has 3 fully saturated rings. The largest absolute Gasteiger partial charge is 0.338 e. The first-order valence-electron chi connectivity index (χ1n) is 15.0. The molecule has 6 rings (SSSR count). The standard InChI is InChI=1S/C34H38ClN3O4S.ClH/c1-43(41,42)28-13-11-25(12-14-28)21-37-20-17-34(33(37)40)15-18-36(19-16-34)22-27-23-38(24-30(27)26-7-3-2-4-8-26)32(39)29-9-5-6-10-31(29)35;/h2-14,27,30H,15-24H2,1H3;1H. The normalized spacial score (nSPS) is 21.9. The number of carbonyl (C=O) groups excluding carboxylic acids is 2. The molecule has 3 aromatic carbocycles. The number of sulfone groups is 1. The van der Waals surface area contributed by atoms with Crippen molar-refractivity contribution in [1.82, 2.24) is 14.7 Å². The summed E-state index contributed by atoms with van der Waals surface area (Å²) in [4.78, 5) is 33.8. The molecule has 2 amide bonds. The molecule has 0 aliphatic carbocycles. The van der Waals surface area contributed by atoms with Crippen molar-refractivity contribution in [3.05, 3.63) is 101 Å². The summed E-state index contributed by atoms with van der Waals surface area (Å²) in [6.07, 6.45) is 3.73. The van der Waals surface area contributed by atoms with E-state index in [9.17, 15) is 18.0 Å². The highest BCUT2D eigenvalue weighted by Gasteiger charge is 2.48. The maximum atomic E-state index is 13.6. The molecule has 10 heteroatoms. The van der Waals surface area contributed by atoms with E-state index in [1.807, 2.05) is 40.1 Å². The van der Waals surface area contributed by atoms with Crippen LogP contribution in [-0.2, 0) is 21.2 Å². The van der Waals surface area contributed by atoms with Crippen LogP contribution in [0, 0.1) is 11.3 Å². The quantitative estimate of drug-likeness (QED) is 0.334. The van der Waals surface area contributed by atoms with Gasteiger partial charge < -0.3 is 14.7 Å². The van der Waals surface area contributed by atoms with Gasteiger partial charge in [0, 0.05) is 44.9 Å². The monoisotopic (exact) mass is 655 g/mol. The van der Waals surface area contributed by atoms with Crippen LogP contribution in [0.2, 0.25) is 5.02 Å². The van der Waals surface area contributed by atoms with Crippen molar-refractivity contribution in [3.63, 3.8) is 0 Å². The second-order valence-corrected chi connectivity index (χ2v) is 14.9. The SMILES string of the molecule is CS(=O)(=O)c1ccc(CN2CCC3(CCN(CC4CN(C(=O)c5ccccc5Cl)CC4c4ccccc4)CC3)C2=O)cc1.Cl. The first-order valence-corrected chi connectivity index (χ1v) is 17.3. The zero-order valence-electron chi connectivity index (χ0n) is 24.9. The minimum atomic E-state index is -3.25. The smallest absolute Gasteiger partial charge is 0.255 e. The van der Waals surface area contributed by atoms with Crippen LogP contribution in [-0.4, -0.2) is 80.5 Å². The van der Waals surface area contributed by atoms with E-state index in [4.69, 9.17) is 11.6 Å². The Morgan fingerprint density at radius 3 is 2.18 bits per heavy atom. The third kappa shape index (κ3) is 6.69. The minimum Gasteiger partial charge on any atom is -0.338 e. The summed E-state index contributed by atoms with van der Waals surface area (Å²) in [5.74, 6) is 0.725. The number of rotatable bonds is 7. The molecular weight excluding hydrogens is 617 g/mol. The van der Waals surface area contributed by atoms with Gasteiger partial charge in [0.1, 0.15) is 0 Å². The van der Waals surface area contributed by atoms with Crippen molar-refractivity contribution in [2.75, 3.05) is 45.5 Å². The van der Waals surface area contributed by atoms with Gasteiger partial charge in [0.25, 0.3) is 5.91 Å². The lowest BCUT2D eigenvalue weighted by Crippen LogP contribution is -2.46. The van der Waals surface area contributed by atoms with Crippen LogP contribution in [0.25, 0.3) is 0 Å². The highest BCUT2D eigenvalue weighted by atomic mass is 35.5. The van der Waals surface area contributed by atoms with Crippen LogP contribution in [0.15, 0.2) is 83.8 Å². The fraction of sp³-hybridized carbons (Fsp3) is 0.412. The molecule has 3 saturated heterocycles. The van der Waals surface area contributed by atoms with Crippen molar-refractivity contribution < 1.29 is 18.0 Å². The number of hydrogen-bond donors (Lipinski definition) is 0. The molecule has 44 heavy (non-hydrogen) atoms. The van der Waals surface area contributed by atoms with Gasteiger partial charge in [0.15, 0.2) is 9.84 Å². The lowest BCUT2D eigenvalue weighted by Gasteiger charge is -2.39. The zero-order chi connectivity index (χ0) is 30.2. The Bertz CT molecular complexity index is 1590. The Kier molecular flexibility index (Phi) is 9.75. The third-order valence-electron chi connectivity index (χ3n) is 9.69. The number of amides is 2. The summed E-state index contributed by atoms with van der Waals surface area (Å²) >= 11 is 6.38. The van der Waals surface area contributed by atoms with E-state index in [1.54, 1.807) is 24.3 Å². The summed E-state index contributed by atoms with van der Waals surface area (Å²) in [7, 11) is -3.25. The van der Waals surface area contributed by atoms with E-state index in [2.05, 4.69) is 29.2 Å². The average molecular weight is 657 g/mol. The van der Waals surface area contributed by atoms with E-state index in [0.717, 1.165) is 51.0 Å².